The van der Waals surface area contributed by atoms with Gasteiger partial charge in [0.25, 0.3) is 5.56 Å². The molecule has 1 saturated heterocycles. The summed E-state index contributed by atoms with van der Waals surface area (Å²) in [6.45, 7) is -0.571. The Hall–Kier alpha value is -3.52. The number of aliphatic hydroxyl groups is 1. The summed E-state index contributed by atoms with van der Waals surface area (Å²) in [4.78, 5) is 44.2. The van der Waals surface area contributed by atoms with Gasteiger partial charge in [-0.2, -0.15) is 0 Å². The highest BCUT2D eigenvalue weighted by Gasteiger charge is 2.71. The van der Waals surface area contributed by atoms with Gasteiger partial charge in [0.2, 0.25) is 11.8 Å². The van der Waals surface area contributed by atoms with Crippen LogP contribution in [0, 0.1) is 0 Å². The minimum absolute atomic E-state index is 0.0785. The predicted octanol–water partition coefficient (Wildman–Crippen LogP) is 0.549. The van der Waals surface area contributed by atoms with E-state index in [0.717, 1.165) is 0 Å². The summed E-state index contributed by atoms with van der Waals surface area (Å²) < 4.78 is 1.36. The topological polar surface area (TPSA) is 113 Å². The molecule has 2 bridgehead atoms. The van der Waals surface area contributed by atoms with Gasteiger partial charge in [-0.15, -0.1) is 0 Å². The molecule has 29 heavy (non-hydrogen) atoms. The number of rotatable bonds is 1. The maximum Gasteiger partial charge on any atom is 0.262 e. The van der Waals surface area contributed by atoms with Gasteiger partial charge in [0, 0.05) is 5.69 Å². The number of hydrogen-bond donors (Lipinski definition) is 3. The van der Waals surface area contributed by atoms with Crippen molar-refractivity contribution < 1.29 is 14.7 Å². The van der Waals surface area contributed by atoms with E-state index in [-0.39, 0.29) is 23.7 Å². The fourth-order valence-corrected chi connectivity index (χ4v) is 5.34. The molecule has 8 heteroatoms. The number of nitrogens with zero attached hydrogens (tertiary/aromatic N) is 2. The zero-order valence-corrected chi connectivity index (χ0v) is 15.2. The minimum Gasteiger partial charge on any atom is -0.393 e. The molecular weight excluding hydrogens is 372 g/mol. The van der Waals surface area contributed by atoms with E-state index in [1.807, 2.05) is 18.2 Å². The quantitative estimate of drug-likeness (QED) is 0.563. The van der Waals surface area contributed by atoms with Crippen LogP contribution in [0.4, 0.5) is 5.69 Å². The van der Waals surface area contributed by atoms with Crippen molar-refractivity contribution in [3.63, 3.8) is 0 Å². The van der Waals surface area contributed by atoms with Gasteiger partial charge in [-0.05, 0) is 30.2 Å². The number of aliphatic hydroxyl groups excluding tert-OH is 1. The van der Waals surface area contributed by atoms with Crippen LogP contribution in [0.25, 0.3) is 10.9 Å². The number of amides is 2. The summed E-state index contributed by atoms with van der Waals surface area (Å²) in [7, 11) is 0. The Balaban J connectivity index is 1.77. The molecule has 5 heterocycles. The molecule has 0 radical (unpaired) electrons. The van der Waals surface area contributed by atoms with Gasteiger partial charge in [-0.3, -0.25) is 19.0 Å². The SMILES string of the molecule is O=C1N[C@]2(CO)c3nc4ccccc4c(=O)n3[C@H]1CC21C(=O)Nc2ccccc21. The van der Waals surface area contributed by atoms with Crippen molar-refractivity contribution in [2.45, 2.75) is 23.4 Å². The van der Waals surface area contributed by atoms with Crippen LogP contribution in [-0.2, 0) is 20.5 Å². The Morgan fingerprint density at radius 2 is 1.86 bits per heavy atom. The van der Waals surface area contributed by atoms with Crippen LogP contribution in [0.15, 0.2) is 53.3 Å². The van der Waals surface area contributed by atoms with Crippen molar-refractivity contribution in [2.75, 3.05) is 11.9 Å². The van der Waals surface area contributed by atoms with Crippen LogP contribution >= 0.6 is 0 Å². The van der Waals surface area contributed by atoms with E-state index in [1.54, 1.807) is 30.3 Å². The highest BCUT2D eigenvalue weighted by Crippen LogP contribution is 2.58. The van der Waals surface area contributed by atoms with E-state index in [2.05, 4.69) is 15.6 Å². The molecule has 7 rings (SSSR count). The molecule has 3 atom stereocenters. The molecule has 3 N–H and O–H groups in total. The summed E-state index contributed by atoms with van der Waals surface area (Å²) in [5.74, 6) is -0.494. The number of aromatic nitrogens is 2. The number of hydrogen-bond acceptors (Lipinski definition) is 5. The highest BCUT2D eigenvalue weighted by atomic mass is 16.3. The van der Waals surface area contributed by atoms with E-state index in [4.69, 9.17) is 0 Å². The summed E-state index contributed by atoms with van der Waals surface area (Å²) in [6, 6.07) is 13.2. The minimum atomic E-state index is -1.54. The van der Waals surface area contributed by atoms with Crippen LogP contribution in [0.1, 0.15) is 23.9 Å². The first-order valence-corrected chi connectivity index (χ1v) is 9.39. The molecule has 8 nitrogen and oxygen atoms in total. The van der Waals surface area contributed by atoms with Gasteiger partial charge in [-0.25, -0.2) is 4.98 Å². The first-order valence-electron chi connectivity index (χ1n) is 9.39. The summed E-state index contributed by atoms with van der Waals surface area (Å²) >= 11 is 0. The lowest BCUT2D eigenvalue weighted by atomic mass is 9.57. The lowest BCUT2D eigenvalue weighted by molar-refractivity contribution is -0.146. The first kappa shape index (κ1) is 16.4. The smallest absolute Gasteiger partial charge is 0.262 e. The molecule has 2 amide bonds. The number of nitrogens with one attached hydrogen (secondary N) is 2. The van der Waals surface area contributed by atoms with Crippen LogP contribution in [0.2, 0.25) is 0 Å². The average Bonchev–Trinajstić information content (AvgIpc) is 3.01. The second kappa shape index (κ2) is 5.09. The Bertz CT molecular complexity index is 1320. The molecule has 1 unspecified atom stereocenters. The second-order valence-corrected chi connectivity index (χ2v) is 7.81. The van der Waals surface area contributed by atoms with Crippen molar-refractivity contribution in [3.8, 4) is 0 Å². The lowest BCUT2D eigenvalue weighted by Gasteiger charge is -2.56. The van der Waals surface area contributed by atoms with Crippen molar-refractivity contribution in [1.82, 2.24) is 14.9 Å². The predicted molar refractivity (Wildman–Crippen MR) is 103 cm³/mol. The van der Waals surface area contributed by atoms with Crippen LogP contribution in [0.3, 0.4) is 0 Å². The van der Waals surface area contributed by atoms with E-state index < -0.39 is 29.5 Å². The standard InChI is InChI=1S/C21H16N4O4/c26-10-21-18-22-13-7-3-1-5-11(13)17(28)25(18)15(16(27)24-21)9-20(21)12-6-2-4-8-14(12)23-19(20)29/h1-8,15,26H,9-10H2,(H,23,29)(H,24,27)/t15-,20?,21+/m0/s1. The molecular formula is C21H16N4O4. The Morgan fingerprint density at radius 1 is 1.10 bits per heavy atom. The summed E-state index contributed by atoms with van der Waals surface area (Å²) in [5.41, 5.74) is -1.35. The maximum absolute atomic E-state index is 13.3. The van der Waals surface area contributed by atoms with Crippen molar-refractivity contribution in [3.05, 3.63) is 70.3 Å². The molecule has 2 aromatic carbocycles. The number of carbonyl (C=O) groups excluding carboxylic acids is 2. The van der Waals surface area contributed by atoms with E-state index in [9.17, 15) is 19.5 Å². The fraction of sp³-hybridized carbons (Fsp3) is 0.238. The number of para-hydroxylation sites is 2. The lowest BCUT2D eigenvalue weighted by Crippen LogP contribution is -2.75. The molecule has 144 valence electrons. The van der Waals surface area contributed by atoms with Gasteiger partial charge in [0.15, 0.2) is 0 Å². The maximum atomic E-state index is 13.3. The number of benzene rings is 2. The van der Waals surface area contributed by atoms with E-state index in [0.29, 0.717) is 22.2 Å². The van der Waals surface area contributed by atoms with Gasteiger partial charge >= 0.3 is 0 Å². The molecule has 1 fully saturated rings. The van der Waals surface area contributed by atoms with Gasteiger partial charge in [0.05, 0.1) is 17.5 Å². The molecule has 1 spiro atoms. The third kappa shape index (κ3) is 1.65. The van der Waals surface area contributed by atoms with Gasteiger partial charge in [-0.1, -0.05) is 30.3 Å². The molecule has 3 aromatic rings. The van der Waals surface area contributed by atoms with Crippen LogP contribution in [0.5, 0.6) is 0 Å². The van der Waals surface area contributed by atoms with Crippen molar-refractivity contribution in [2.24, 2.45) is 0 Å². The third-order valence-electron chi connectivity index (χ3n) is 6.63. The second-order valence-electron chi connectivity index (χ2n) is 7.81. The number of piperidine rings is 1. The van der Waals surface area contributed by atoms with E-state index in [1.165, 1.54) is 4.57 Å². The molecule has 1 aromatic heterocycles. The largest absolute Gasteiger partial charge is 0.393 e. The van der Waals surface area contributed by atoms with Gasteiger partial charge in [0.1, 0.15) is 22.8 Å². The molecule has 4 aliphatic heterocycles. The Kier molecular flexibility index (Phi) is 2.89. The normalized spacial score (nSPS) is 28.9. The number of fused-ring (bicyclic) bond motifs is 3. The average molecular weight is 388 g/mol. The zero-order valence-electron chi connectivity index (χ0n) is 15.2. The number of anilines is 1. The highest BCUT2D eigenvalue weighted by molar-refractivity contribution is 6.09. The molecule has 0 aliphatic carbocycles. The first-order chi connectivity index (χ1) is 14.0. The molecule has 0 saturated carbocycles. The summed E-state index contributed by atoms with van der Waals surface area (Å²) in [6.07, 6.45) is 0.0785. The van der Waals surface area contributed by atoms with Crippen LogP contribution in [-0.4, -0.2) is 33.1 Å². The van der Waals surface area contributed by atoms with Gasteiger partial charge < -0.3 is 15.7 Å². The van der Waals surface area contributed by atoms with E-state index >= 15 is 0 Å². The Morgan fingerprint density at radius 3 is 2.69 bits per heavy atom. The van der Waals surface area contributed by atoms with Crippen LogP contribution < -0.4 is 16.2 Å². The Labute approximate surface area is 164 Å². The van der Waals surface area contributed by atoms with Crippen molar-refractivity contribution >= 4 is 28.4 Å². The van der Waals surface area contributed by atoms with Crippen molar-refractivity contribution in [1.29, 1.82) is 0 Å². The monoisotopic (exact) mass is 388 g/mol. The molecule has 4 aliphatic rings. The number of carbonyl (C=O) groups is 2. The summed E-state index contributed by atoms with van der Waals surface area (Å²) in [5, 5.41) is 16.8. The zero-order chi connectivity index (χ0) is 20.0. The fourth-order valence-electron chi connectivity index (χ4n) is 5.34. The third-order valence-corrected chi connectivity index (χ3v) is 6.63.